The van der Waals surface area contributed by atoms with Gasteiger partial charge in [0, 0.05) is 18.8 Å². The molecule has 1 amide bonds. The van der Waals surface area contributed by atoms with E-state index in [1.54, 1.807) is 4.90 Å². The van der Waals surface area contributed by atoms with Gasteiger partial charge in [0.1, 0.15) is 11.5 Å². The molecule has 2 aromatic rings. The first-order chi connectivity index (χ1) is 10.6. The van der Waals surface area contributed by atoms with Crippen molar-refractivity contribution in [2.75, 3.05) is 13.2 Å². The van der Waals surface area contributed by atoms with E-state index >= 15 is 0 Å². The molecule has 0 unspecified atom stereocenters. The minimum Gasteiger partial charge on any atom is -0.394 e. The number of carbonyl (C=O) groups is 1. The summed E-state index contributed by atoms with van der Waals surface area (Å²) in [5.74, 6) is -1.67. The number of likely N-dealkylation sites (tertiary alicyclic amines) is 1. The van der Waals surface area contributed by atoms with E-state index in [1.165, 1.54) is 23.1 Å². The summed E-state index contributed by atoms with van der Waals surface area (Å²) in [6.07, 6.45) is 4.37. The molecule has 0 saturated carbocycles. The SMILES string of the molecule is O=C(c1cnn(-c2ccc(F)cc2F)c1)N1CCC[C@H]1CO. The lowest BCUT2D eigenvalue weighted by atomic mass is 10.2. The number of benzene rings is 1. The summed E-state index contributed by atoms with van der Waals surface area (Å²) in [6.45, 7) is 0.507. The van der Waals surface area contributed by atoms with Gasteiger partial charge in [0.25, 0.3) is 5.91 Å². The second kappa shape index (κ2) is 5.84. The summed E-state index contributed by atoms with van der Waals surface area (Å²) in [4.78, 5) is 14.0. The molecular formula is C15H15F2N3O2. The van der Waals surface area contributed by atoms with Crippen LogP contribution in [0.15, 0.2) is 30.6 Å². The number of carbonyl (C=O) groups excluding carboxylic acids is 1. The quantitative estimate of drug-likeness (QED) is 0.940. The van der Waals surface area contributed by atoms with Gasteiger partial charge < -0.3 is 10.0 Å². The van der Waals surface area contributed by atoms with Crippen LogP contribution in [0.1, 0.15) is 23.2 Å². The van der Waals surface area contributed by atoms with Crippen molar-refractivity contribution in [2.45, 2.75) is 18.9 Å². The van der Waals surface area contributed by atoms with Crippen molar-refractivity contribution in [3.63, 3.8) is 0 Å². The largest absolute Gasteiger partial charge is 0.394 e. The van der Waals surface area contributed by atoms with Crippen LogP contribution in [0.4, 0.5) is 8.78 Å². The Kier molecular flexibility index (Phi) is 3.89. The molecule has 1 aromatic heterocycles. The van der Waals surface area contributed by atoms with Crippen molar-refractivity contribution in [2.24, 2.45) is 0 Å². The van der Waals surface area contributed by atoms with Crippen LogP contribution in [0, 0.1) is 11.6 Å². The third kappa shape index (κ3) is 2.59. The molecule has 0 radical (unpaired) electrons. The van der Waals surface area contributed by atoms with E-state index in [0.717, 1.165) is 25.0 Å². The molecule has 5 nitrogen and oxygen atoms in total. The van der Waals surface area contributed by atoms with Gasteiger partial charge in [-0.05, 0) is 25.0 Å². The van der Waals surface area contributed by atoms with Gasteiger partial charge in [0.15, 0.2) is 5.82 Å². The van der Waals surface area contributed by atoms with Crippen LogP contribution in [0.2, 0.25) is 0 Å². The maximum atomic E-state index is 13.7. The maximum Gasteiger partial charge on any atom is 0.257 e. The Hall–Kier alpha value is -2.28. The van der Waals surface area contributed by atoms with Crippen LogP contribution in [0.5, 0.6) is 0 Å². The van der Waals surface area contributed by atoms with Crippen molar-refractivity contribution in [3.8, 4) is 5.69 Å². The Bertz CT molecular complexity index is 702. The van der Waals surface area contributed by atoms with E-state index in [0.29, 0.717) is 12.1 Å². The molecule has 0 spiro atoms. The van der Waals surface area contributed by atoms with Crippen LogP contribution in [0.3, 0.4) is 0 Å². The summed E-state index contributed by atoms with van der Waals surface area (Å²) < 4.78 is 27.9. The van der Waals surface area contributed by atoms with Crippen molar-refractivity contribution in [1.82, 2.24) is 14.7 Å². The molecule has 116 valence electrons. The first-order valence-electron chi connectivity index (χ1n) is 7.02. The van der Waals surface area contributed by atoms with Gasteiger partial charge in [0.2, 0.25) is 0 Å². The second-order valence-electron chi connectivity index (χ2n) is 5.25. The normalized spacial score (nSPS) is 18.0. The van der Waals surface area contributed by atoms with Crippen molar-refractivity contribution in [1.29, 1.82) is 0 Å². The molecule has 3 rings (SSSR count). The van der Waals surface area contributed by atoms with E-state index in [4.69, 9.17) is 0 Å². The molecule has 1 atom stereocenters. The molecular weight excluding hydrogens is 292 g/mol. The number of hydrogen-bond acceptors (Lipinski definition) is 3. The lowest BCUT2D eigenvalue weighted by Crippen LogP contribution is -2.37. The molecule has 1 aromatic carbocycles. The Morgan fingerprint density at radius 3 is 2.95 bits per heavy atom. The van der Waals surface area contributed by atoms with Gasteiger partial charge in [-0.25, -0.2) is 13.5 Å². The Morgan fingerprint density at radius 1 is 1.41 bits per heavy atom. The smallest absolute Gasteiger partial charge is 0.257 e. The molecule has 2 heterocycles. The Labute approximate surface area is 125 Å². The van der Waals surface area contributed by atoms with Gasteiger partial charge in [-0.1, -0.05) is 0 Å². The van der Waals surface area contributed by atoms with E-state index in [2.05, 4.69) is 5.10 Å². The number of aromatic nitrogens is 2. The zero-order chi connectivity index (χ0) is 15.7. The van der Waals surface area contributed by atoms with Crippen molar-refractivity contribution < 1.29 is 18.7 Å². The maximum absolute atomic E-state index is 13.7. The average molecular weight is 307 g/mol. The fraction of sp³-hybridized carbons (Fsp3) is 0.333. The summed E-state index contributed by atoms with van der Waals surface area (Å²) in [5, 5.41) is 13.2. The van der Waals surface area contributed by atoms with E-state index in [-0.39, 0.29) is 24.2 Å². The highest BCUT2D eigenvalue weighted by Crippen LogP contribution is 2.20. The lowest BCUT2D eigenvalue weighted by Gasteiger charge is -2.22. The number of aliphatic hydroxyl groups excluding tert-OH is 1. The minimum absolute atomic E-state index is 0.0700. The monoisotopic (exact) mass is 307 g/mol. The fourth-order valence-electron chi connectivity index (χ4n) is 2.69. The summed E-state index contributed by atoms with van der Waals surface area (Å²) >= 11 is 0. The average Bonchev–Trinajstić information content (AvgIpc) is 3.15. The van der Waals surface area contributed by atoms with Crippen LogP contribution in [-0.4, -0.2) is 44.9 Å². The topological polar surface area (TPSA) is 58.4 Å². The first-order valence-corrected chi connectivity index (χ1v) is 7.02. The van der Waals surface area contributed by atoms with Crippen LogP contribution in [0.25, 0.3) is 5.69 Å². The third-order valence-electron chi connectivity index (χ3n) is 3.83. The lowest BCUT2D eigenvalue weighted by molar-refractivity contribution is 0.0677. The molecule has 0 bridgehead atoms. The summed E-state index contributed by atoms with van der Waals surface area (Å²) in [7, 11) is 0. The number of aliphatic hydroxyl groups is 1. The standard InChI is InChI=1S/C15H15F2N3O2/c16-11-3-4-14(13(17)6-11)20-8-10(7-18-20)15(22)19-5-1-2-12(19)9-21/h3-4,6-8,12,21H,1-2,5,9H2/t12-/m0/s1. The van der Waals surface area contributed by atoms with E-state index in [9.17, 15) is 18.7 Å². The molecule has 1 fully saturated rings. The molecule has 22 heavy (non-hydrogen) atoms. The van der Waals surface area contributed by atoms with E-state index in [1.807, 2.05) is 0 Å². The van der Waals surface area contributed by atoms with E-state index < -0.39 is 11.6 Å². The van der Waals surface area contributed by atoms with Crippen LogP contribution in [-0.2, 0) is 0 Å². The van der Waals surface area contributed by atoms with Gasteiger partial charge >= 0.3 is 0 Å². The zero-order valence-electron chi connectivity index (χ0n) is 11.7. The highest BCUT2D eigenvalue weighted by Gasteiger charge is 2.29. The molecule has 1 aliphatic rings. The van der Waals surface area contributed by atoms with Gasteiger partial charge in [-0.15, -0.1) is 0 Å². The third-order valence-corrected chi connectivity index (χ3v) is 3.83. The van der Waals surface area contributed by atoms with Gasteiger partial charge in [-0.3, -0.25) is 4.79 Å². The number of halogens is 2. The number of amides is 1. The fourth-order valence-corrected chi connectivity index (χ4v) is 2.69. The molecule has 1 saturated heterocycles. The van der Waals surface area contributed by atoms with Crippen LogP contribution >= 0.6 is 0 Å². The Balaban J connectivity index is 1.86. The van der Waals surface area contributed by atoms with Crippen LogP contribution < -0.4 is 0 Å². The summed E-state index contributed by atoms with van der Waals surface area (Å²) in [5.41, 5.74) is 0.379. The Morgan fingerprint density at radius 2 is 2.23 bits per heavy atom. The van der Waals surface area contributed by atoms with Gasteiger partial charge in [-0.2, -0.15) is 5.10 Å². The first kappa shape index (κ1) is 14.6. The highest BCUT2D eigenvalue weighted by molar-refractivity contribution is 5.94. The zero-order valence-corrected chi connectivity index (χ0v) is 11.7. The molecule has 1 aliphatic heterocycles. The highest BCUT2D eigenvalue weighted by atomic mass is 19.1. The minimum atomic E-state index is -0.753. The van der Waals surface area contributed by atoms with Crippen molar-refractivity contribution >= 4 is 5.91 Å². The molecule has 0 aliphatic carbocycles. The molecule has 7 heteroatoms. The number of nitrogens with zero attached hydrogens (tertiary/aromatic N) is 3. The number of rotatable bonds is 3. The summed E-state index contributed by atoms with van der Waals surface area (Å²) in [6, 6.07) is 2.97. The predicted molar refractivity (Wildman–Crippen MR) is 74.6 cm³/mol. The van der Waals surface area contributed by atoms with Gasteiger partial charge in [0.05, 0.1) is 24.4 Å². The predicted octanol–water partition coefficient (Wildman–Crippen LogP) is 1.75. The molecule has 1 N–H and O–H groups in total. The van der Waals surface area contributed by atoms with Crippen molar-refractivity contribution in [3.05, 3.63) is 47.8 Å². The number of hydrogen-bond donors (Lipinski definition) is 1. The second-order valence-corrected chi connectivity index (χ2v) is 5.25.